The number of nitro groups is 1. The standard InChI is InChI=1S/C13H19N3O3S.ClH/c1-10(13(17)15-9-3-8-14-2)20-12-6-4-11(5-7-12)16(18)19;/h4-7,10,14H,3,8-9H2,1-2H3,(H,15,17);1H. The lowest BCUT2D eigenvalue weighted by molar-refractivity contribution is -0.384. The Morgan fingerprint density at radius 2 is 1.95 bits per heavy atom. The monoisotopic (exact) mass is 333 g/mol. The van der Waals surface area contributed by atoms with E-state index in [-0.39, 0.29) is 29.3 Å². The first kappa shape index (κ1) is 19.7. The lowest BCUT2D eigenvalue weighted by Crippen LogP contribution is -2.32. The molecule has 0 bridgehead atoms. The molecule has 1 amide bonds. The second-order valence-electron chi connectivity index (χ2n) is 4.26. The van der Waals surface area contributed by atoms with Gasteiger partial charge in [0.25, 0.3) is 5.69 Å². The third-order valence-electron chi connectivity index (χ3n) is 2.63. The first-order valence-electron chi connectivity index (χ1n) is 6.38. The summed E-state index contributed by atoms with van der Waals surface area (Å²) in [6, 6.07) is 6.21. The van der Waals surface area contributed by atoms with E-state index in [1.165, 1.54) is 23.9 Å². The third kappa shape index (κ3) is 7.31. The molecule has 0 heterocycles. The topological polar surface area (TPSA) is 84.3 Å². The zero-order valence-electron chi connectivity index (χ0n) is 12.0. The Hall–Kier alpha value is -1.31. The SMILES string of the molecule is CNCCCNC(=O)C(C)Sc1ccc([N+](=O)[O-])cc1.Cl. The van der Waals surface area contributed by atoms with Gasteiger partial charge in [-0.1, -0.05) is 0 Å². The first-order valence-corrected chi connectivity index (χ1v) is 7.26. The Bertz CT molecular complexity index is 456. The maximum Gasteiger partial charge on any atom is 0.269 e. The van der Waals surface area contributed by atoms with Crippen LogP contribution < -0.4 is 10.6 Å². The van der Waals surface area contributed by atoms with E-state index in [9.17, 15) is 14.9 Å². The van der Waals surface area contributed by atoms with Crippen LogP contribution in [0.4, 0.5) is 5.69 Å². The summed E-state index contributed by atoms with van der Waals surface area (Å²) < 4.78 is 0. The highest BCUT2D eigenvalue weighted by atomic mass is 35.5. The van der Waals surface area contributed by atoms with Crippen LogP contribution in [0.5, 0.6) is 0 Å². The van der Waals surface area contributed by atoms with Crippen LogP contribution in [0.3, 0.4) is 0 Å². The van der Waals surface area contributed by atoms with E-state index in [0.29, 0.717) is 6.54 Å². The molecule has 0 saturated carbocycles. The van der Waals surface area contributed by atoms with Crippen LogP contribution in [0.2, 0.25) is 0 Å². The third-order valence-corrected chi connectivity index (χ3v) is 3.74. The highest BCUT2D eigenvalue weighted by molar-refractivity contribution is 8.00. The van der Waals surface area contributed by atoms with Crippen LogP contribution in [0.25, 0.3) is 0 Å². The molecule has 1 unspecified atom stereocenters. The van der Waals surface area contributed by atoms with Crippen molar-refractivity contribution in [3.05, 3.63) is 34.4 Å². The van der Waals surface area contributed by atoms with Crippen molar-refractivity contribution in [1.82, 2.24) is 10.6 Å². The number of hydrogen-bond acceptors (Lipinski definition) is 5. The molecule has 6 nitrogen and oxygen atoms in total. The zero-order chi connectivity index (χ0) is 15.0. The van der Waals surface area contributed by atoms with Gasteiger partial charge in [0.1, 0.15) is 0 Å². The average molecular weight is 334 g/mol. The highest BCUT2D eigenvalue weighted by Gasteiger charge is 2.14. The molecule has 0 aliphatic heterocycles. The predicted octanol–water partition coefficient (Wildman–Crippen LogP) is 2.22. The number of nitrogens with one attached hydrogen (secondary N) is 2. The van der Waals surface area contributed by atoms with E-state index in [0.717, 1.165) is 17.9 Å². The van der Waals surface area contributed by atoms with Crippen LogP contribution in [0.1, 0.15) is 13.3 Å². The molecule has 8 heteroatoms. The number of hydrogen-bond donors (Lipinski definition) is 2. The van der Waals surface area contributed by atoms with E-state index < -0.39 is 4.92 Å². The highest BCUT2D eigenvalue weighted by Crippen LogP contribution is 2.25. The van der Waals surface area contributed by atoms with Crippen LogP contribution >= 0.6 is 24.2 Å². The minimum atomic E-state index is -0.438. The molecule has 1 aromatic rings. The fraction of sp³-hybridized carbons (Fsp3) is 0.462. The van der Waals surface area contributed by atoms with Gasteiger partial charge in [-0.25, -0.2) is 0 Å². The molecule has 0 fully saturated rings. The molecular formula is C13H20ClN3O3S. The van der Waals surface area contributed by atoms with Gasteiger partial charge in [-0.05, 0) is 39.1 Å². The van der Waals surface area contributed by atoms with Crippen LogP contribution in [-0.4, -0.2) is 36.2 Å². The lowest BCUT2D eigenvalue weighted by atomic mass is 10.3. The van der Waals surface area contributed by atoms with Crippen molar-refractivity contribution >= 4 is 35.8 Å². The molecule has 1 aromatic carbocycles. The molecule has 0 aliphatic carbocycles. The maximum atomic E-state index is 11.8. The predicted molar refractivity (Wildman–Crippen MR) is 87.2 cm³/mol. The molecular weight excluding hydrogens is 314 g/mol. The van der Waals surface area contributed by atoms with Crippen molar-refractivity contribution in [2.45, 2.75) is 23.5 Å². The summed E-state index contributed by atoms with van der Waals surface area (Å²) in [5, 5.41) is 16.2. The van der Waals surface area contributed by atoms with Gasteiger partial charge < -0.3 is 10.6 Å². The molecule has 1 rings (SSSR count). The molecule has 21 heavy (non-hydrogen) atoms. The molecule has 0 aromatic heterocycles. The number of non-ortho nitro benzene ring substituents is 1. The van der Waals surface area contributed by atoms with Gasteiger partial charge in [0.2, 0.25) is 5.91 Å². The van der Waals surface area contributed by atoms with Crippen molar-refractivity contribution in [1.29, 1.82) is 0 Å². The maximum absolute atomic E-state index is 11.8. The van der Waals surface area contributed by atoms with E-state index in [1.54, 1.807) is 12.1 Å². The lowest BCUT2D eigenvalue weighted by Gasteiger charge is -2.11. The Morgan fingerprint density at radius 3 is 2.48 bits per heavy atom. The summed E-state index contributed by atoms with van der Waals surface area (Å²) in [5.74, 6) is -0.0237. The zero-order valence-corrected chi connectivity index (χ0v) is 13.6. The Kier molecular flexibility index (Phi) is 9.77. The van der Waals surface area contributed by atoms with Gasteiger partial charge >= 0.3 is 0 Å². The molecule has 118 valence electrons. The molecule has 0 aliphatic rings. The molecule has 2 N–H and O–H groups in total. The van der Waals surface area contributed by atoms with Crippen molar-refractivity contribution in [3.8, 4) is 0 Å². The summed E-state index contributed by atoms with van der Waals surface area (Å²) in [6.07, 6.45) is 0.886. The fourth-order valence-electron chi connectivity index (χ4n) is 1.52. The first-order chi connectivity index (χ1) is 9.54. The van der Waals surface area contributed by atoms with Gasteiger partial charge in [0, 0.05) is 23.6 Å². The fourth-order valence-corrected chi connectivity index (χ4v) is 2.42. The largest absolute Gasteiger partial charge is 0.355 e. The van der Waals surface area contributed by atoms with Gasteiger partial charge in [0.05, 0.1) is 10.2 Å². The Morgan fingerprint density at radius 1 is 1.33 bits per heavy atom. The van der Waals surface area contributed by atoms with E-state index in [1.807, 2.05) is 14.0 Å². The number of nitrogens with zero attached hydrogens (tertiary/aromatic N) is 1. The molecule has 0 radical (unpaired) electrons. The number of thioether (sulfide) groups is 1. The molecule has 1 atom stereocenters. The quantitative estimate of drug-likeness (QED) is 0.330. The Balaban J connectivity index is 0.00000400. The van der Waals surface area contributed by atoms with E-state index in [2.05, 4.69) is 10.6 Å². The van der Waals surface area contributed by atoms with Crippen LogP contribution in [0.15, 0.2) is 29.2 Å². The number of nitro benzene ring substituents is 1. The second kappa shape index (κ2) is 10.4. The number of benzene rings is 1. The van der Waals surface area contributed by atoms with Gasteiger partial charge in [-0.15, -0.1) is 24.2 Å². The number of amides is 1. The number of halogens is 1. The van der Waals surface area contributed by atoms with Crippen molar-refractivity contribution in [3.63, 3.8) is 0 Å². The number of carbonyl (C=O) groups excluding carboxylic acids is 1. The number of carbonyl (C=O) groups is 1. The Labute approximate surface area is 134 Å². The molecule has 0 spiro atoms. The van der Waals surface area contributed by atoms with Crippen LogP contribution in [0, 0.1) is 10.1 Å². The van der Waals surface area contributed by atoms with Gasteiger partial charge in [-0.2, -0.15) is 0 Å². The van der Waals surface area contributed by atoms with E-state index >= 15 is 0 Å². The van der Waals surface area contributed by atoms with Crippen LogP contribution in [-0.2, 0) is 4.79 Å². The van der Waals surface area contributed by atoms with Crippen molar-refractivity contribution in [2.24, 2.45) is 0 Å². The van der Waals surface area contributed by atoms with Crippen molar-refractivity contribution < 1.29 is 9.72 Å². The van der Waals surface area contributed by atoms with Gasteiger partial charge in [0.15, 0.2) is 0 Å². The minimum Gasteiger partial charge on any atom is -0.355 e. The summed E-state index contributed by atoms with van der Waals surface area (Å²) in [6.45, 7) is 3.33. The minimum absolute atomic E-state index is 0. The van der Waals surface area contributed by atoms with Gasteiger partial charge in [-0.3, -0.25) is 14.9 Å². The average Bonchev–Trinajstić information content (AvgIpc) is 2.44. The normalized spacial score (nSPS) is 11.3. The number of rotatable bonds is 8. The second-order valence-corrected chi connectivity index (χ2v) is 5.67. The summed E-state index contributed by atoms with van der Waals surface area (Å²) >= 11 is 1.39. The smallest absolute Gasteiger partial charge is 0.269 e. The summed E-state index contributed by atoms with van der Waals surface area (Å²) in [4.78, 5) is 22.8. The van der Waals surface area contributed by atoms with Crippen molar-refractivity contribution in [2.75, 3.05) is 20.1 Å². The summed E-state index contributed by atoms with van der Waals surface area (Å²) in [5.41, 5.74) is 0.0542. The van der Waals surface area contributed by atoms with E-state index in [4.69, 9.17) is 0 Å². The summed E-state index contributed by atoms with van der Waals surface area (Å²) in [7, 11) is 1.87. The molecule has 0 saturated heterocycles.